The van der Waals surface area contributed by atoms with Gasteiger partial charge in [0.1, 0.15) is 0 Å². The van der Waals surface area contributed by atoms with Crippen molar-refractivity contribution in [3.05, 3.63) is 52.3 Å². The number of piperidine rings is 2. The van der Waals surface area contributed by atoms with Crippen LogP contribution >= 0.6 is 11.6 Å². The number of hydrogen-bond donors (Lipinski definition) is 1. The van der Waals surface area contributed by atoms with Crippen molar-refractivity contribution in [3.8, 4) is 11.3 Å². The molecule has 2 fully saturated rings. The maximum atomic E-state index is 12.0. The zero-order chi connectivity index (χ0) is 18.6. The van der Waals surface area contributed by atoms with E-state index < -0.39 is 0 Å². The van der Waals surface area contributed by atoms with Crippen molar-refractivity contribution >= 4 is 17.3 Å². The van der Waals surface area contributed by atoms with Crippen molar-refractivity contribution in [2.75, 3.05) is 31.1 Å². The SMILES string of the molecule is O=c1[nH]c(-c2ccc(N3CCC(N4CCCCC4)CC3)cc2)ccc1CCl. The summed E-state index contributed by atoms with van der Waals surface area (Å²) in [5, 5.41) is 0. The molecular weight excluding hydrogens is 358 g/mol. The van der Waals surface area contributed by atoms with E-state index in [-0.39, 0.29) is 11.4 Å². The monoisotopic (exact) mass is 385 g/mol. The second kappa shape index (κ2) is 8.49. The van der Waals surface area contributed by atoms with Crippen LogP contribution in [0.5, 0.6) is 0 Å². The third-order valence-electron chi connectivity index (χ3n) is 6.05. The summed E-state index contributed by atoms with van der Waals surface area (Å²) in [6.45, 7) is 4.84. The summed E-state index contributed by atoms with van der Waals surface area (Å²) in [5.41, 5.74) is 3.64. The summed E-state index contributed by atoms with van der Waals surface area (Å²) in [6.07, 6.45) is 6.66. The number of pyridine rings is 1. The molecule has 2 aromatic rings. The molecule has 0 amide bonds. The van der Waals surface area contributed by atoms with Crippen molar-refractivity contribution in [1.82, 2.24) is 9.88 Å². The van der Waals surface area contributed by atoms with Gasteiger partial charge >= 0.3 is 0 Å². The number of likely N-dealkylation sites (tertiary alicyclic amines) is 1. The predicted molar refractivity (Wildman–Crippen MR) is 113 cm³/mol. The highest BCUT2D eigenvalue weighted by atomic mass is 35.5. The molecule has 2 saturated heterocycles. The van der Waals surface area contributed by atoms with Gasteiger partial charge in [0.15, 0.2) is 0 Å². The van der Waals surface area contributed by atoms with E-state index in [1.165, 1.54) is 50.9 Å². The maximum Gasteiger partial charge on any atom is 0.252 e. The van der Waals surface area contributed by atoms with E-state index in [1.54, 1.807) is 6.07 Å². The van der Waals surface area contributed by atoms with Crippen LogP contribution in [0.4, 0.5) is 5.69 Å². The summed E-state index contributed by atoms with van der Waals surface area (Å²) in [5.74, 6) is 0.238. The fourth-order valence-corrected chi connectivity index (χ4v) is 4.61. The highest BCUT2D eigenvalue weighted by molar-refractivity contribution is 6.17. The van der Waals surface area contributed by atoms with Gasteiger partial charge in [0.2, 0.25) is 0 Å². The van der Waals surface area contributed by atoms with Crippen molar-refractivity contribution in [2.24, 2.45) is 0 Å². The molecule has 1 N–H and O–H groups in total. The first-order valence-corrected chi connectivity index (χ1v) is 10.7. The van der Waals surface area contributed by atoms with Gasteiger partial charge in [-0.15, -0.1) is 11.6 Å². The first-order valence-electron chi connectivity index (χ1n) is 10.1. The molecule has 0 spiro atoms. The van der Waals surface area contributed by atoms with Gasteiger partial charge in [-0.1, -0.05) is 24.6 Å². The number of aromatic nitrogens is 1. The molecule has 3 heterocycles. The number of benzene rings is 1. The molecule has 1 aromatic heterocycles. The zero-order valence-corrected chi connectivity index (χ0v) is 16.5. The molecule has 2 aliphatic rings. The Hall–Kier alpha value is -1.78. The number of nitrogens with zero attached hydrogens (tertiary/aromatic N) is 2. The summed E-state index contributed by atoms with van der Waals surface area (Å²) in [4.78, 5) is 20.1. The van der Waals surface area contributed by atoms with E-state index in [0.717, 1.165) is 30.4 Å². The average Bonchev–Trinajstić information content (AvgIpc) is 2.74. The lowest BCUT2D eigenvalue weighted by Crippen LogP contribution is -2.46. The lowest BCUT2D eigenvalue weighted by atomic mass is 9.99. The summed E-state index contributed by atoms with van der Waals surface area (Å²) >= 11 is 5.77. The van der Waals surface area contributed by atoms with Crippen LogP contribution in [0.2, 0.25) is 0 Å². The topological polar surface area (TPSA) is 39.3 Å². The Labute approximate surface area is 166 Å². The van der Waals surface area contributed by atoms with E-state index in [0.29, 0.717) is 5.56 Å². The van der Waals surface area contributed by atoms with Crippen LogP contribution in [0.3, 0.4) is 0 Å². The van der Waals surface area contributed by atoms with Crippen molar-refractivity contribution in [2.45, 2.75) is 44.0 Å². The summed E-state index contributed by atoms with van der Waals surface area (Å²) in [6, 6.07) is 13.0. The van der Waals surface area contributed by atoms with Gasteiger partial charge in [-0.05, 0) is 62.5 Å². The molecule has 0 unspecified atom stereocenters. The Bertz CT molecular complexity index is 803. The highest BCUT2D eigenvalue weighted by Gasteiger charge is 2.25. The van der Waals surface area contributed by atoms with Crippen LogP contribution in [-0.2, 0) is 5.88 Å². The minimum absolute atomic E-state index is 0.105. The number of halogens is 1. The van der Waals surface area contributed by atoms with E-state index in [1.807, 2.05) is 6.07 Å². The number of rotatable bonds is 4. The lowest BCUT2D eigenvalue weighted by molar-refractivity contribution is 0.141. The first kappa shape index (κ1) is 18.6. The van der Waals surface area contributed by atoms with Gasteiger partial charge in [0.05, 0.1) is 5.88 Å². The maximum absolute atomic E-state index is 12.0. The molecule has 2 aliphatic heterocycles. The van der Waals surface area contributed by atoms with Crippen molar-refractivity contribution in [1.29, 1.82) is 0 Å². The molecule has 5 heteroatoms. The van der Waals surface area contributed by atoms with Crippen LogP contribution in [-0.4, -0.2) is 42.1 Å². The summed E-state index contributed by atoms with van der Waals surface area (Å²) < 4.78 is 0. The predicted octanol–water partition coefficient (Wildman–Crippen LogP) is 4.24. The fourth-order valence-electron chi connectivity index (χ4n) is 4.40. The molecule has 4 nitrogen and oxygen atoms in total. The molecule has 0 radical (unpaired) electrons. The largest absolute Gasteiger partial charge is 0.371 e. The molecule has 1 aromatic carbocycles. The Morgan fingerprint density at radius 3 is 2.26 bits per heavy atom. The van der Waals surface area contributed by atoms with Crippen LogP contribution in [0.25, 0.3) is 11.3 Å². The van der Waals surface area contributed by atoms with Gasteiger partial charge < -0.3 is 14.8 Å². The van der Waals surface area contributed by atoms with Gasteiger partial charge in [-0.2, -0.15) is 0 Å². The van der Waals surface area contributed by atoms with Crippen LogP contribution < -0.4 is 10.5 Å². The second-order valence-corrected chi connectivity index (χ2v) is 7.99. The Kier molecular flexibility index (Phi) is 5.84. The highest BCUT2D eigenvalue weighted by Crippen LogP contribution is 2.26. The van der Waals surface area contributed by atoms with E-state index in [9.17, 15) is 4.79 Å². The normalized spacial score (nSPS) is 19.4. The third-order valence-corrected chi connectivity index (χ3v) is 6.34. The molecule has 4 rings (SSSR count). The Morgan fingerprint density at radius 2 is 1.63 bits per heavy atom. The van der Waals surface area contributed by atoms with Crippen LogP contribution in [0, 0.1) is 0 Å². The summed E-state index contributed by atoms with van der Waals surface area (Å²) in [7, 11) is 0. The Balaban J connectivity index is 1.39. The van der Waals surface area contributed by atoms with Crippen molar-refractivity contribution < 1.29 is 0 Å². The molecule has 0 bridgehead atoms. The minimum atomic E-state index is -0.105. The van der Waals surface area contributed by atoms with Gasteiger partial charge in [0.25, 0.3) is 5.56 Å². The minimum Gasteiger partial charge on any atom is -0.371 e. The molecule has 0 atom stereocenters. The van der Waals surface area contributed by atoms with Gasteiger partial charge in [0, 0.05) is 36.1 Å². The number of hydrogen-bond acceptors (Lipinski definition) is 3. The van der Waals surface area contributed by atoms with E-state index >= 15 is 0 Å². The third kappa shape index (κ3) is 4.22. The molecule has 27 heavy (non-hydrogen) atoms. The van der Waals surface area contributed by atoms with Crippen molar-refractivity contribution in [3.63, 3.8) is 0 Å². The average molecular weight is 386 g/mol. The number of anilines is 1. The number of alkyl halides is 1. The first-order chi connectivity index (χ1) is 13.2. The Morgan fingerprint density at radius 1 is 0.926 bits per heavy atom. The smallest absolute Gasteiger partial charge is 0.252 e. The zero-order valence-electron chi connectivity index (χ0n) is 15.8. The van der Waals surface area contributed by atoms with E-state index in [4.69, 9.17) is 11.6 Å². The van der Waals surface area contributed by atoms with Gasteiger partial charge in [-0.3, -0.25) is 4.79 Å². The second-order valence-electron chi connectivity index (χ2n) is 7.72. The quantitative estimate of drug-likeness (QED) is 0.800. The van der Waals surface area contributed by atoms with Gasteiger partial charge in [-0.25, -0.2) is 0 Å². The molecule has 0 aliphatic carbocycles. The number of aromatic amines is 1. The van der Waals surface area contributed by atoms with Crippen LogP contribution in [0.1, 0.15) is 37.7 Å². The number of H-pyrrole nitrogens is 1. The lowest BCUT2D eigenvalue weighted by Gasteiger charge is -2.41. The van der Waals surface area contributed by atoms with Crippen LogP contribution in [0.15, 0.2) is 41.2 Å². The standard InChI is InChI=1S/C22H28ClN3O/c23-16-18-6-9-21(24-22(18)27)17-4-7-19(8-5-17)26-14-10-20(11-15-26)25-12-2-1-3-13-25/h4-9,20H,1-3,10-16H2,(H,24,27). The fraction of sp³-hybridized carbons (Fsp3) is 0.500. The molecular formula is C22H28ClN3O. The molecule has 0 saturated carbocycles. The molecule has 144 valence electrons. The van der Waals surface area contributed by atoms with E-state index in [2.05, 4.69) is 39.0 Å². The number of nitrogens with one attached hydrogen (secondary N) is 1.